The molecule has 0 aliphatic carbocycles. The van der Waals surface area contributed by atoms with Gasteiger partial charge in [0.2, 0.25) is 0 Å². The molecule has 1 aliphatic rings. The summed E-state index contributed by atoms with van der Waals surface area (Å²) in [5, 5.41) is 13.7. The smallest absolute Gasteiger partial charge is 0.277 e. The second-order valence-electron chi connectivity index (χ2n) is 4.94. The highest BCUT2D eigenvalue weighted by molar-refractivity contribution is 6.04. The summed E-state index contributed by atoms with van der Waals surface area (Å²) in [5.41, 5.74) is 0.207. The third-order valence-electron chi connectivity index (χ3n) is 3.61. The van der Waals surface area contributed by atoms with Gasteiger partial charge in [-0.3, -0.25) is 14.2 Å². The van der Waals surface area contributed by atoms with Crippen molar-refractivity contribution in [2.24, 2.45) is 0 Å². The molecule has 0 spiro atoms. The number of anilines is 1. The predicted octanol–water partition coefficient (Wildman–Crippen LogP) is 0.343. The second-order valence-corrected chi connectivity index (χ2v) is 4.94. The Morgan fingerprint density at radius 2 is 2.14 bits per heavy atom. The molecule has 1 aliphatic heterocycles. The molecule has 1 unspecified atom stereocenters. The Kier molecular flexibility index (Phi) is 3.53. The number of nitrogens with zero attached hydrogens (tertiary/aromatic N) is 2. The summed E-state index contributed by atoms with van der Waals surface area (Å²) in [6, 6.07) is 8.25. The van der Waals surface area contributed by atoms with Crippen LogP contribution in [0.2, 0.25) is 0 Å². The Morgan fingerprint density at radius 3 is 2.86 bits per heavy atom. The lowest BCUT2D eigenvalue weighted by atomic mass is 10.2. The summed E-state index contributed by atoms with van der Waals surface area (Å²) in [5.74, 6) is 0.241. The fraction of sp³-hybridized carbons (Fsp3) is 0.267. The van der Waals surface area contributed by atoms with Gasteiger partial charge in [-0.25, -0.2) is 4.98 Å². The van der Waals surface area contributed by atoms with Crippen molar-refractivity contribution in [3.63, 3.8) is 0 Å². The van der Waals surface area contributed by atoms with Crippen LogP contribution in [0.4, 0.5) is 5.69 Å². The van der Waals surface area contributed by atoms with Crippen LogP contribution in [0.5, 0.6) is 0 Å². The maximum Gasteiger partial charge on any atom is 0.277 e. The summed E-state index contributed by atoms with van der Waals surface area (Å²) in [6.07, 6.45) is 2.61. The molecule has 21 heavy (non-hydrogen) atoms. The molecule has 2 aromatic rings. The van der Waals surface area contributed by atoms with Crippen LogP contribution < -0.4 is 16.0 Å². The first kappa shape index (κ1) is 13.5. The first-order valence-electron chi connectivity index (χ1n) is 6.75. The van der Waals surface area contributed by atoms with Crippen LogP contribution in [-0.2, 0) is 6.42 Å². The molecule has 0 saturated carbocycles. The molecule has 0 fully saturated rings. The summed E-state index contributed by atoms with van der Waals surface area (Å²) < 4.78 is 1.41. The first-order chi connectivity index (χ1) is 10.2. The van der Waals surface area contributed by atoms with Gasteiger partial charge in [-0.2, -0.15) is 0 Å². The third-order valence-corrected chi connectivity index (χ3v) is 3.61. The van der Waals surface area contributed by atoms with E-state index in [1.54, 1.807) is 24.3 Å². The number of amides is 1. The molecule has 1 amide bonds. The summed E-state index contributed by atoms with van der Waals surface area (Å²) >= 11 is 0. The van der Waals surface area contributed by atoms with Crippen LogP contribution in [0.15, 0.2) is 41.3 Å². The fourth-order valence-electron chi connectivity index (χ4n) is 2.52. The van der Waals surface area contributed by atoms with Crippen molar-refractivity contribution >= 4 is 11.6 Å². The van der Waals surface area contributed by atoms with Gasteiger partial charge in [-0.1, -0.05) is 18.2 Å². The molecule has 1 atom stereocenters. The minimum absolute atomic E-state index is 0.105. The molecular formula is C15H14N3O3-. The molecule has 108 valence electrons. The molecule has 3 rings (SSSR count). The zero-order valence-corrected chi connectivity index (χ0v) is 11.3. The Balaban J connectivity index is 1.91. The Morgan fingerprint density at radius 1 is 1.38 bits per heavy atom. The van der Waals surface area contributed by atoms with Crippen LogP contribution >= 0.6 is 0 Å². The van der Waals surface area contributed by atoms with E-state index in [-0.39, 0.29) is 29.8 Å². The Hall–Kier alpha value is -2.47. The molecule has 6 heteroatoms. The first-order valence-corrected chi connectivity index (χ1v) is 6.75. The summed E-state index contributed by atoms with van der Waals surface area (Å²) in [7, 11) is 0. The number of nitrogens with one attached hydrogen (secondary N) is 1. The van der Waals surface area contributed by atoms with Gasteiger partial charge in [-0.15, -0.1) is 6.61 Å². The number of hydrogen-bond donors (Lipinski definition) is 1. The molecule has 1 aromatic heterocycles. The van der Waals surface area contributed by atoms with Crippen LogP contribution in [0.1, 0.15) is 28.6 Å². The second kappa shape index (κ2) is 5.49. The number of hydrogen-bond acceptors (Lipinski definition) is 4. The number of aromatic nitrogens is 2. The highest BCUT2D eigenvalue weighted by atomic mass is 16.3. The maximum atomic E-state index is 12.4. The lowest BCUT2D eigenvalue weighted by Crippen LogP contribution is -2.32. The Labute approximate surface area is 121 Å². The fourth-order valence-corrected chi connectivity index (χ4v) is 2.52. The minimum atomic E-state index is -0.369. The van der Waals surface area contributed by atoms with Crippen molar-refractivity contribution < 1.29 is 9.90 Å². The molecular weight excluding hydrogens is 270 g/mol. The normalized spacial score (nSPS) is 16.5. The largest absolute Gasteiger partial charge is 0.853 e. The number of fused-ring (bicyclic) bond motifs is 1. The van der Waals surface area contributed by atoms with E-state index in [4.69, 9.17) is 0 Å². The minimum Gasteiger partial charge on any atom is -0.853 e. The standard InChI is InChI=1S/C15H14N3O3/c19-9-11-6-7-13-16-8-12(15(21)18(11)13)17-14(20)10-4-2-1-3-5-10/h1-5,8,11H,6-7,9H2,(H,17,20)/q-1. The lowest BCUT2D eigenvalue weighted by molar-refractivity contribution is -0.376. The molecule has 1 N–H and O–H groups in total. The van der Waals surface area contributed by atoms with Crippen molar-refractivity contribution in [2.75, 3.05) is 11.9 Å². The number of carbonyl (C=O) groups excluding carboxylic acids is 1. The summed E-state index contributed by atoms with van der Waals surface area (Å²) in [6.45, 7) is -0.356. The van der Waals surface area contributed by atoms with Gasteiger partial charge in [-0.05, 0) is 18.6 Å². The van der Waals surface area contributed by atoms with Crippen molar-refractivity contribution in [3.8, 4) is 0 Å². The zero-order chi connectivity index (χ0) is 14.8. The van der Waals surface area contributed by atoms with E-state index in [0.717, 1.165) is 0 Å². The highest BCUT2D eigenvalue weighted by Gasteiger charge is 2.23. The van der Waals surface area contributed by atoms with Gasteiger partial charge < -0.3 is 10.4 Å². The third kappa shape index (κ3) is 2.45. The van der Waals surface area contributed by atoms with Crippen LogP contribution in [0.25, 0.3) is 0 Å². The van der Waals surface area contributed by atoms with E-state index >= 15 is 0 Å². The van der Waals surface area contributed by atoms with Gasteiger partial charge >= 0.3 is 0 Å². The van der Waals surface area contributed by atoms with Gasteiger partial charge in [0, 0.05) is 18.0 Å². The van der Waals surface area contributed by atoms with E-state index in [9.17, 15) is 14.7 Å². The number of carbonyl (C=O) groups is 1. The monoisotopic (exact) mass is 284 g/mol. The average Bonchev–Trinajstić information content (AvgIpc) is 2.94. The van der Waals surface area contributed by atoms with Crippen molar-refractivity contribution in [2.45, 2.75) is 18.9 Å². The predicted molar refractivity (Wildman–Crippen MR) is 75.1 cm³/mol. The van der Waals surface area contributed by atoms with Crippen molar-refractivity contribution in [1.29, 1.82) is 0 Å². The van der Waals surface area contributed by atoms with Gasteiger partial charge in [0.25, 0.3) is 11.5 Å². The Bertz CT molecular complexity index is 725. The van der Waals surface area contributed by atoms with E-state index in [0.29, 0.717) is 24.2 Å². The lowest BCUT2D eigenvalue weighted by Gasteiger charge is -2.17. The zero-order valence-electron chi connectivity index (χ0n) is 11.3. The van der Waals surface area contributed by atoms with E-state index in [2.05, 4.69) is 10.3 Å². The topological polar surface area (TPSA) is 87.0 Å². The number of rotatable bonds is 3. The molecule has 6 nitrogen and oxygen atoms in total. The summed E-state index contributed by atoms with van der Waals surface area (Å²) in [4.78, 5) is 28.6. The molecule has 1 aromatic carbocycles. The SMILES string of the molecule is O=C(Nc1cnc2n(c1=O)C(C[O-])CC2)c1ccccc1. The van der Waals surface area contributed by atoms with E-state index in [1.165, 1.54) is 10.8 Å². The molecule has 0 bridgehead atoms. The quantitative estimate of drug-likeness (QED) is 0.880. The van der Waals surface area contributed by atoms with Crippen LogP contribution in [0.3, 0.4) is 0 Å². The van der Waals surface area contributed by atoms with Crippen molar-refractivity contribution in [3.05, 3.63) is 58.3 Å². The molecule has 0 radical (unpaired) electrons. The average molecular weight is 284 g/mol. The van der Waals surface area contributed by atoms with E-state index < -0.39 is 0 Å². The van der Waals surface area contributed by atoms with Gasteiger partial charge in [0.1, 0.15) is 11.5 Å². The maximum absolute atomic E-state index is 12.4. The van der Waals surface area contributed by atoms with Crippen LogP contribution in [-0.4, -0.2) is 22.1 Å². The molecule has 2 heterocycles. The van der Waals surface area contributed by atoms with Gasteiger partial charge in [0.15, 0.2) is 0 Å². The van der Waals surface area contributed by atoms with E-state index in [1.807, 2.05) is 6.07 Å². The highest BCUT2D eigenvalue weighted by Crippen LogP contribution is 2.21. The van der Waals surface area contributed by atoms with Crippen LogP contribution in [0, 0.1) is 0 Å². The number of benzene rings is 1. The number of aryl methyl sites for hydroxylation is 1. The molecule has 0 saturated heterocycles. The van der Waals surface area contributed by atoms with Crippen molar-refractivity contribution in [1.82, 2.24) is 9.55 Å². The van der Waals surface area contributed by atoms with Gasteiger partial charge in [0.05, 0.1) is 6.20 Å².